The first kappa shape index (κ1) is 11.6. The van der Waals surface area contributed by atoms with Gasteiger partial charge in [0, 0.05) is 12.1 Å². The molecule has 0 aliphatic heterocycles. The standard InChI is InChI=1S/C12H18ClN3/c1-8-14-10(13)6-11(15-8)16-9-4-5-12(2,3)7-9/h6,9H,4-5,7H2,1-3H3,(H,14,15,16). The number of rotatable bonds is 2. The zero-order chi connectivity index (χ0) is 11.8. The number of hydrogen-bond acceptors (Lipinski definition) is 3. The molecule has 1 saturated carbocycles. The zero-order valence-corrected chi connectivity index (χ0v) is 10.8. The molecular weight excluding hydrogens is 222 g/mol. The molecular formula is C12H18ClN3. The Morgan fingerprint density at radius 3 is 2.75 bits per heavy atom. The second-order valence-electron chi connectivity index (χ2n) is 5.37. The van der Waals surface area contributed by atoms with Crippen LogP contribution in [-0.4, -0.2) is 16.0 Å². The number of aryl methyl sites for hydroxylation is 1. The van der Waals surface area contributed by atoms with Gasteiger partial charge in [-0.3, -0.25) is 0 Å². The molecule has 1 unspecified atom stereocenters. The van der Waals surface area contributed by atoms with Crippen LogP contribution in [0.1, 0.15) is 38.9 Å². The normalized spacial score (nSPS) is 23.4. The van der Waals surface area contributed by atoms with Crippen molar-refractivity contribution in [1.29, 1.82) is 0 Å². The van der Waals surface area contributed by atoms with Gasteiger partial charge in [0.25, 0.3) is 0 Å². The summed E-state index contributed by atoms with van der Waals surface area (Å²) in [4.78, 5) is 8.39. The lowest BCUT2D eigenvalue weighted by molar-refractivity contribution is 0.378. The number of aromatic nitrogens is 2. The topological polar surface area (TPSA) is 37.8 Å². The molecule has 1 heterocycles. The van der Waals surface area contributed by atoms with Crippen molar-refractivity contribution in [2.24, 2.45) is 5.41 Å². The quantitative estimate of drug-likeness (QED) is 0.804. The summed E-state index contributed by atoms with van der Waals surface area (Å²) in [7, 11) is 0. The minimum atomic E-state index is 0.448. The van der Waals surface area contributed by atoms with E-state index in [-0.39, 0.29) is 0 Å². The molecule has 16 heavy (non-hydrogen) atoms. The summed E-state index contributed by atoms with van der Waals surface area (Å²) < 4.78 is 0. The maximum Gasteiger partial charge on any atom is 0.134 e. The van der Waals surface area contributed by atoms with Crippen LogP contribution in [0.4, 0.5) is 5.82 Å². The van der Waals surface area contributed by atoms with Crippen LogP contribution in [0.15, 0.2) is 6.07 Å². The van der Waals surface area contributed by atoms with Crippen molar-refractivity contribution < 1.29 is 0 Å². The highest BCUT2D eigenvalue weighted by Gasteiger charge is 2.30. The van der Waals surface area contributed by atoms with Crippen molar-refractivity contribution in [3.05, 3.63) is 17.0 Å². The fraction of sp³-hybridized carbons (Fsp3) is 0.667. The third kappa shape index (κ3) is 2.85. The van der Waals surface area contributed by atoms with Gasteiger partial charge in [-0.2, -0.15) is 0 Å². The molecule has 0 bridgehead atoms. The molecule has 0 radical (unpaired) electrons. The largest absolute Gasteiger partial charge is 0.367 e. The van der Waals surface area contributed by atoms with Gasteiger partial charge in [-0.25, -0.2) is 9.97 Å². The Hall–Kier alpha value is -0.830. The molecule has 1 fully saturated rings. The predicted molar refractivity (Wildman–Crippen MR) is 66.8 cm³/mol. The highest BCUT2D eigenvalue weighted by Crippen LogP contribution is 2.38. The monoisotopic (exact) mass is 239 g/mol. The van der Waals surface area contributed by atoms with E-state index >= 15 is 0 Å². The van der Waals surface area contributed by atoms with Crippen molar-refractivity contribution in [2.45, 2.75) is 46.1 Å². The lowest BCUT2D eigenvalue weighted by Gasteiger charge is -2.18. The smallest absolute Gasteiger partial charge is 0.134 e. The average Bonchev–Trinajstić information content (AvgIpc) is 2.43. The van der Waals surface area contributed by atoms with Crippen molar-refractivity contribution in [3.8, 4) is 0 Å². The summed E-state index contributed by atoms with van der Waals surface area (Å²) in [5.74, 6) is 1.56. The van der Waals surface area contributed by atoms with E-state index in [0.29, 0.717) is 22.4 Å². The summed E-state index contributed by atoms with van der Waals surface area (Å²) >= 11 is 5.90. The first-order valence-corrected chi connectivity index (χ1v) is 6.10. The third-order valence-corrected chi connectivity index (χ3v) is 3.32. The second-order valence-corrected chi connectivity index (χ2v) is 5.76. The molecule has 0 saturated heterocycles. The fourth-order valence-corrected chi connectivity index (χ4v) is 2.60. The molecule has 4 heteroatoms. The van der Waals surface area contributed by atoms with Crippen molar-refractivity contribution >= 4 is 17.4 Å². The molecule has 0 aromatic carbocycles. The maximum absolute atomic E-state index is 5.90. The van der Waals surface area contributed by atoms with Gasteiger partial charge in [0.05, 0.1) is 0 Å². The number of halogens is 1. The Labute approximate surface area is 102 Å². The molecule has 1 atom stereocenters. The minimum Gasteiger partial charge on any atom is -0.367 e. The molecule has 1 aromatic heterocycles. The zero-order valence-electron chi connectivity index (χ0n) is 10.0. The minimum absolute atomic E-state index is 0.448. The Morgan fingerprint density at radius 1 is 1.44 bits per heavy atom. The van der Waals surface area contributed by atoms with Crippen LogP contribution in [0.25, 0.3) is 0 Å². The van der Waals surface area contributed by atoms with E-state index in [1.165, 1.54) is 19.3 Å². The van der Waals surface area contributed by atoms with Gasteiger partial charge in [0.15, 0.2) is 0 Å². The number of nitrogens with zero attached hydrogens (tertiary/aromatic N) is 2. The first-order chi connectivity index (χ1) is 7.44. The van der Waals surface area contributed by atoms with Crippen LogP contribution < -0.4 is 5.32 Å². The molecule has 1 N–H and O–H groups in total. The van der Waals surface area contributed by atoms with Crippen LogP contribution in [0.3, 0.4) is 0 Å². The number of hydrogen-bond donors (Lipinski definition) is 1. The van der Waals surface area contributed by atoms with E-state index < -0.39 is 0 Å². The fourth-order valence-electron chi connectivity index (χ4n) is 2.37. The molecule has 1 aromatic rings. The van der Waals surface area contributed by atoms with Gasteiger partial charge in [-0.1, -0.05) is 25.4 Å². The Balaban J connectivity index is 2.05. The van der Waals surface area contributed by atoms with Crippen LogP contribution >= 0.6 is 11.6 Å². The Kier molecular flexibility index (Phi) is 3.06. The molecule has 3 nitrogen and oxygen atoms in total. The van der Waals surface area contributed by atoms with Gasteiger partial charge in [-0.15, -0.1) is 0 Å². The SMILES string of the molecule is Cc1nc(Cl)cc(NC2CCC(C)(C)C2)n1. The van der Waals surface area contributed by atoms with E-state index in [2.05, 4.69) is 29.1 Å². The third-order valence-electron chi connectivity index (χ3n) is 3.13. The van der Waals surface area contributed by atoms with Gasteiger partial charge in [0.2, 0.25) is 0 Å². The van der Waals surface area contributed by atoms with Crippen molar-refractivity contribution in [3.63, 3.8) is 0 Å². The highest BCUT2D eigenvalue weighted by atomic mass is 35.5. The highest BCUT2D eigenvalue weighted by molar-refractivity contribution is 6.29. The van der Waals surface area contributed by atoms with Crippen LogP contribution in [0.5, 0.6) is 0 Å². The Morgan fingerprint density at radius 2 is 2.19 bits per heavy atom. The van der Waals surface area contributed by atoms with Crippen LogP contribution in [0.2, 0.25) is 5.15 Å². The average molecular weight is 240 g/mol. The summed E-state index contributed by atoms with van der Waals surface area (Å²) in [5, 5.41) is 3.95. The van der Waals surface area contributed by atoms with Gasteiger partial charge in [-0.05, 0) is 31.6 Å². The second kappa shape index (κ2) is 4.21. The lowest BCUT2D eigenvalue weighted by atomic mass is 9.92. The predicted octanol–water partition coefficient (Wildman–Crippen LogP) is 3.43. The summed E-state index contributed by atoms with van der Waals surface area (Å²) in [6.45, 7) is 6.48. The van der Waals surface area contributed by atoms with E-state index in [1.807, 2.05) is 6.92 Å². The first-order valence-electron chi connectivity index (χ1n) is 5.72. The summed E-state index contributed by atoms with van der Waals surface area (Å²) in [6, 6.07) is 2.31. The van der Waals surface area contributed by atoms with E-state index in [4.69, 9.17) is 11.6 Å². The molecule has 2 rings (SSSR count). The van der Waals surface area contributed by atoms with E-state index in [1.54, 1.807) is 6.07 Å². The van der Waals surface area contributed by atoms with Crippen LogP contribution in [0, 0.1) is 12.3 Å². The van der Waals surface area contributed by atoms with E-state index in [0.717, 1.165) is 5.82 Å². The van der Waals surface area contributed by atoms with E-state index in [9.17, 15) is 0 Å². The van der Waals surface area contributed by atoms with Gasteiger partial charge >= 0.3 is 0 Å². The van der Waals surface area contributed by atoms with Crippen molar-refractivity contribution in [2.75, 3.05) is 5.32 Å². The summed E-state index contributed by atoms with van der Waals surface area (Å²) in [5.41, 5.74) is 0.448. The number of nitrogens with one attached hydrogen (secondary N) is 1. The van der Waals surface area contributed by atoms with Gasteiger partial charge < -0.3 is 5.32 Å². The molecule has 0 amide bonds. The maximum atomic E-state index is 5.90. The lowest BCUT2D eigenvalue weighted by Crippen LogP contribution is -2.18. The number of anilines is 1. The summed E-state index contributed by atoms with van der Waals surface area (Å²) in [6.07, 6.45) is 3.66. The molecule has 0 spiro atoms. The molecule has 1 aliphatic rings. The van der Waals surface area contributed by atoms with Crippen molar-refractivity contribution in [1.82, 2.24) is 9.97 Å². The van der Waals surface area contributed by atoms with Gasteiger partial charge in [0.1, 0.15) is 16.8 Å². The molecule has 1 aliphatic carbocycles. The van der Waals surface area contributed by atoms with Crippen LogP contribution in [-0.2, 0) is 0 Å². The Bertz CT molecular complexity index is 370. The molecule has 88 valence electrons.